The molecule has 0 aliphatic carbocycles. The lowest BCUT2D eigenvalue weighted by Gasteiger charge is -2.25. The van der Waals surface area contributed by atoms with E-state index in [1.54, 1.807) is 65.1 Å². The number of rotatable bonds is 10. The number of hydrogen-bond acceptors (Lipinski definition) is 10. The molecule has 18 heteroatoms. The molecule has 0 unspecified atom stereocenters. The average molecular weight is 800 g/mol. The third-order valence-electron chi connectivity index (χ3n) is 8.19. The van der Waals surface area contributed by atoms with E-state index in [0.29, 0.717) is 16.3 Å². The maximum atomic E-state index is 14.6. The second-order valence-electron chi connectivity index (χ2n) is 13.5. The molecule has 6 aromatic rings. The molecule has 3 aromatic carbocycles. The lowest BCUT2D eigenvalue weighted by atomic mass is 10.0. The number of ether oxygens (including phenoxy) is 2. The summed E-state index contributed by atoms with van der Waals surface area (Å²) in [5.41, 5.74) is -0.204. The zero-order valence-electron chi connectivity index (χ0n) is 30.3. The Kier molecular flexibility index (Phi) is 10.4. The van der Waals surface area contributed by atoms with E-state index in [1.807, 2.05) is 0 Å². The van der Waals surface area contributed by atoms with Crippen molar-refractivity contribution in [2.24, 2.45) is 7.05 Å². The van der Waals surface area contributed by atoms with Crippen LogP contribution in [0.5, 0.6) is 5.75 Å². The SMILES string of the molecule is COc1ccc(CN(c2nn(C)c3c(-n4c([C@H](Cc5cc(F)cc(F)c5)NC(=O)OC(C)(C)C)nc5nc(C)sc5c4=O)ccc(Cl)c23)S(C)(=O)=O)cc1. The summed E-state index contributed by atoms with van der Waals surface area (Å²) >= 11 is 7.94. The van der Waals surface area contributed by atoms with Gasteiger partial charge in [-0.3, -0.25) is 14.0 Å². The first-order valence-electron chi connectivity index (χ1n) is 16.4. The van der Waals surface area contributed by atoms with Gasteiger partial charge in [0.15, 0.2) is 11.5 Å². The molecule has 0 radical (unpaired) electrons. The fourth-order valence-electron chi connectivity index (χ4n) is 6.02. The van der Waals surface area contributed by atoms with Gasteiger partial charge in [-0.2, -0.15) is 5.10 Å². The van der Waals surface area contributed by atoms with Gasteiger partial charge >= 0.3 is 6.09 Å². The van der Waals surface area contributed by atoms with Crippen LogP contribution in [-0.2, 0) is 34.8 Å². The second kappa shape index (κ2) is 14.6. The van der Waals surface area contributed by atoms with Crippen molar-refractivity contribution in [2.75, 3.05) is 17.7 Å². The highest BCUT2D eigenvalue weighted by atomic mass is 35.5. The van der Waals surface area contributed by atoms with Gasteiger partial charge in [0, 0.05) is 19.5 Å². The largest absolute Gasteiger partial charge is 0.497 e. The molecular formula is C36H36ClF2N7O6S2. The number of amides is 1. The molecule has 0 fully saturated rings. The summed E-state index contributed by atoms with van der Waals surface area (Å²) in [5.74, 6) is -1.16. The van der Waals surface area contributed by atoms with Crippen LogP contribution in [0.15, 0.2) is 59.4 Å². The molecule has 0 saturated carbocycles. The Morgan fingerprint density at radius 1 is 1.06 bits per heavy atom. The van der Waals surface area contributed by atoms with E-state index in [-0.39, 0.29) is 62.1 Å². The van der Waals surface area contributed by atoms with Crippen LogP contribution >= 0.6 is 22.9 Å². The molecule has 0 spiro atoms. The second-order valence-corrected chi connectivity index (χ2v) is 17.0. The Morgan fingerprint density at radius 3 is 2.33 bits per heavy atom. The quantitative estimate of drug-likeness (QED) is 0.159. The summed E-state index contributed by atoms with van der Waals surface area (Å²) < 4.78 is 70.4. The standard InChI is InChI=1S/C36H36ClF2N7O6S2/c1-19-40-31-30(53-19)34(47)46(32(42-31)26(41-35(48)52-36(2,3)4)16-21-14-22(38)17-23(39)15-21)27-13-12-25(37)28-29(27)44(5)43-33(28)45(54(7,49)50)18-20-8-10-24(51-6)11-9-20/h8-15,17,26H,16,18H2,1-7H3,(H,41,48)/t26-/m0/s1. The molecule has 6 rings (SSSR count). The first-order chi connectivity index (χ1) is 25.3. The number of carbonyl (C=O) groups is 1. The van der Waals surface area contributed by atoms with Crippen molar-refractivity contribution in [1.82, 2.24) is 29.6 Å². The van der Waals surface area contributed by atoms with Crippen LogP contribution in [0.3, 0.4) is 0 Å². The van der Waals surface area contributed by atoms with Crippen LogP contribution in [0, 0.1) is 18.6 Å². The molecule has 1 atom stereocenters. The maximum absolute atomic E-state index is 14.6. The lowest BCUT2D eigenvalue weighted by Crippen LogP contribution is -2.39. The Hall–Kier alpha value is -5.13. The fraction of sp³-hybridized carbons (Fsp3) is 0.306. The highest BCUT2D eigenvalue weighted by molar-refractivity contribution is 7.92. The summed E-state index contributed by atoms with van der Waals surface area (Å²) in [4.78, 5) is 37.1. The minimum atomic E-state index is -3.97. The molecule has 0 aliphatic heterocycles. The van der Waals surface area contributed by atoms with Crippen LogP contribution in [0.4, 0.5) is 19.4 Å². The van der Waals surface area contributed by atoms with Gasteiger partial charge in [-0.05, 0) is 75.2 Å². The number of aromatic nitrogens is 5. The Bertz CT molecular complexity index is 2570. The number of benzene rings is 3. The minimum absolute atomic E-state index is 0.00592. The zero-order valence-corrected chi connectivity index (χ0v) is 32.7. The number of nitrogens with one attached hydrogen (secondary N) is 1. The van der Waals surface area contributed by atoms with Crippen molar-refractivity contribution in [3.05, 3.63) is 104 Å². The van der Waals surface area contributed by atoms with Gasteiger partial charge in [0.05, 0.1) is 52.6 Å². The zero-order chi connectivity index (χ0) is 39.3. The van der Waals surface area contributed by atoms with E-state index >= 15 is 0 Å². The maximum Gasteiger partial charge on any atom is 0.408 e. The van der Waals surface area contributed by atoms with Crippen LogP contribution in [0.2, 0.25) is 5.02 Å². The number of aryl methyl sites for hydroxylation is 2. The highest BCUT2D eigenvalue weighted by Gasteiger charge is 2.31. The van der Waals surface area contributed by atoms with Gasteiger partial charge in [0.25, 0.3) is 5.56 Å². The Balaban J connectivity index is 1.61. The predicted molar refractivity (Wildman–Crippen MR) is 203 cm³/mol. The number of fused-ring (bicyclic) bond motifs is 2. The summed E-state index contributed by atoms with van der Waals surface area (Å²) in [5, 5.41) is 8.23. The summed E-state index contributed by atoms with van der Waals surface area (Å²) in [6.07, 6.45) is -0.0681. The first kappa shape index (κ1) is 38.6. The number of halogens is 3. The van der Waals surface area contributed by atoms with Gasteiger partial charge < -0.3 is 14.8 Å². The van der Waals surface area contributed by atoms with E-state index in [9.17, 15) is 26.8 Å². The molecule has 3 heterocycles. The van der Waals surface area contributed by atoms with Crippen LogP contribution in [-0.4, -0.2) is 57.8 Å². The smallest absolute Gasteiger partial charge is 0.408 e. The van der Waals surface area contributed by atoms with E-state index in [1.165, 1.54) is 22.4 Å². The molecule has 13 nitrogen and oxygen atoms in total. The lowest BCUT2D eigenvalue weighted by molar-refractivity contribution is 0.0500. The molecule has 1 amide bonds. The van der Waals surface area contributed by atoms with Gasteiger partial charge in [-0.25, -0.2) is 36.3 Å². The molecular weight excluding hydrogens is 764 g/mol. The summed E-state index contributed by atoms with van der Waals surface area (Å²) in [6, 6.07) is 11.6. The number of hydrogen-bond donors (Lipinski definition) is 1. The number of carbonyl (C=O) groups excluding carboxylic acids is 1. The van der Waals surface area contributed by atoms with Crippen molar-refractivity contribution in [3.8, 4) is 11.4 Å². The molecule has 284 valence electrons. The van der Waals surface area contributed by atoms with Gasteiger partial charge in [-0.15, -0.1) is 11.3 Å². The van der Waals surface area contributed by atoms with E-state index in [2.05, 4.69) is 15.4 Å². The number of alkyl carbamates (subject to hydrolysis) is 1. The number of sulfonamides is 1. The van der Waals surface area contributed by atoms with Crippen LogP contribution in [0.25, 0.3) is 26.9 Å². The van der Waals surface area contributed by atoms with E-state index < -0.39 is 45.0 Å². The molecule has 1 N–H and O–H groups in total. The van der Waals surface area contributed by atoms with E-state index in [0.717, 1.165) is 40.1 Å². The molecule has 0 saturated heterocycles. The molecule has 0 aliphatic rings. The molecule has 54 heavy (non-hydrogen) atoms. The molecule has 0 bridgehead atoms. The highest BCUT2D eigenvalue weighted by Crippen LogP contribution is 2.38. The predicted octanol–water partition coefficient (Wildman–Crippen LogP) is 6.75. The van der Waals surface area contributed by atoms with Gasteiger partial charge in [0.2, 0.25) is 10.0 Å². The minimum Gasteiger partial charge on any atom is -0.497 e. The average Bonchev–Trinajstić information content (AvgIpc) is 3.62. The van der Waals surface area contributed by atoms with Crippen molar-refractivity contribution < 1.29 is 31.5 Å². The van der Waals surface area contributed by atoms with Crippen molar-refractivity contribution >= 4 is 66.1 Å². The number of nitrogens with zero attached hydrogens (tertiary/aromatic N) is 6. The van der Waals surface area contributed by atoms with Gasteiger partial charge in [0.1, 0.15) is 33.5 Å². The first-order valence-corrected chi connectivity index (χ1v) is 19.5. The number of anilines is 1. The number of thiazole rings is 1. The van der Waals surface area contributed by atoms with Crippen molar-refractivity contribution in [2.45, 2.75) is 52.3 Å². The number of methoxy groups -OCH3 is 1. The van der Waals surface area contributed by atoms with Gasteiger partial charge in [-0.1, -0.05) is 23.7 Å². The summed E-state index contributed by atoms with van der Waals surface area (Å²) in [6.45, 7) is 6.60. The molecule has 3 aromatic heterocycles. The Morgan fingerprint density at radius 2 is 1.72 bits per heavy atom. The van der Waals surface area contributed by atoms with E-state index in [4.69, 9.17) is 26.1 Å². The normalized spacial score (nSPS) is 12.6. The van der Waals surface area contributed by atoms with Crippen LogP contribution < -0.4 is 19.9 Å². The van der Waals surface area contributed by atoms with Crippen molar-refractivity contribution in [1.29, 1.82) is 0 Å². The topological polar surface area (TPSA) is 151 Å². The van der Waals surface area contributed by atoms with Crippen molar-refractivity contribution in [3.63, 3.8) is 0 Å². The third-order valence-corrected chi connectivity index (χ3v) is 10.6. The monoisotopic (exact) mass is 799 g/mol. The Labute approximate surface area is 318 Å². The van der Waals surface area contributed by atoms with Crippen LogP contribution in [0.1, 0.15) is 48.8 Å². The summed E-state index contributed by atoms with van der Waals surface area (Å²) in [7, 11) is -0.882. The third kappa shape index (κ3) is 8.02. The fourth-order valence-corrected chi connectivity index (χ4v) is 7.87.